The number of carbonyl (C=O) groups is 1. The fourth-order valence-corrected chi connectivity index (χ4v) is 4.01. The topological polar surface area (TPSA) is 103 Å². The van der Waals surface area contributed by atoms with Crippen molar-refractivity contribution in [3.63, 3.8) is 0 Å². The monoisotopic (exact) mass is 444 g/mol. The van der Waals surface area contributed by atoms with E-state index in [0.717, 1.165) is 36.7 Å². The van der Waals surface area contributed by atoms with Crippen LogP contribution in [0.15, 0.2) is 30.0 Å². The van der Waals surface area contributed by atoms with Crippen molar-refractivity contribution in [2.45, 2.75) is 70.6 Å². The molecule has 9 heteroatoms. The van der Waals surface area contributed by atoms with Crippen LogP contribution in [0.25, 0.3) is 5.70 Å². The Morgan fingerprint density at radius 3 is 2.12 bits per heavy atom. The normalized spacial score (nSPS) is 20.8. The molecule has 2 fully saturated rings. The molecule has 8 nitrogen and oxygen atoms in total. The molecule has 0 aromatic heterocycles. The number of rotatable bonds is 6. The highest BCUT2D eigenvalue weighted by Crippen LogP contribution is 2.36. The van der Waals surface area contributed by atoms with E-state index in [-0.39, 0.29) is 18.7 Å². The molecule has 1 amide bonds. The van der Waals surface area contributed by atoms with Crippen molar-refractivity contribution < 1.29 is 18.8 Å². The number of benzene rings is 1. The Morgan fingerprint density at radius 1 is 1.09 bits per heavy atom. The van der Waals surface area contributed by atoms with Crippen LogP contribution >= 0.6 is 0 Å². The number of hydrogen-bond acceptors (Lipinski definition) is 7. The first-order chi connectivity index (χ1) is 14.9. The second-order valence-corrected chi connectivity index (χ2v) is 9.79. The van der Waals surface area contributed by atoms with Gasteiger partial charge in [-0.2, -0.15) is 0 Å². The van der Waals surface area contributed by atoms with Crippen LogP contribution in [0.1, 0.15) is 58.9 Å². The molecule has 0 radical (unpaired) electrons. The molecule has 0 unspecified atom stereocenters. The van der Waals surface area contributed by atoms with E-state index in [2.05, 4.69) is 0 Å². The van der Waals surface area contributed by atoms with E-state index in [1.807, 2.05) is 52.0 Å². The summed E-state index contributed by atoms with van der Waals surface area (Å²) < 4.78 is 17.7. The SMILES string of the molecule is CN(N)/C(COC(=O)N(C)C1CCCC1)=C(\N)c1ccc(B2OC(C)(C)C(C)(C)O2)cc1. The molecule has 1 saturated carbocycles. The molecule has 1 aliphatic carbocycles. The van der Waals surface area contributed by atoms with E-state index in [9.17, 15) is 4.79 Å². The highest BCUT2D eigenvalue weighted by atomic mass is 16.7. The van der Waals surface area contributed by atoms with Gasteiger partial charge in [0, 0.05) is 20.1 Å². The number of ether oxygens (including phenoxy) is 1. The predicted molar refractivity (Wildman–Crippen MR) is 127 cm³/mol. The zero-order valence-corrected chi connectivity index (χ0v) is 20.2. The Hall–Kier alpha value is -2.23. The summed E-state index contributed by atoms with van der Waals surface area (Å²) in [6.45, 7) is 8.09. The summed E-state index contributed by atoms with van der Waals surface area (Å²) in [6, 6.07) is 7.89. The van der Waals surface area contributed by atoms with Crippen molar-refractivity contribution in [3.8, 4) is 0 Å². The van der Waals surface area contributed by atoms with Gasteiger partial charge in [-0.15, -0.1) is 0 Å². The lowest BCUT2D eigenvalue weighted by atomic mass is 9.79. The summed E-state index contributed by atoms with van der Waals surface area (Å²) >= 11 is 0. The quantitative estimate of drug-likeness (QED) is 0.395. The molecular weight excluding hydrogens is 407 g/mol. The van der Waals surface area contributed by atoms with E-state index < -0.39 is 18.3 Å². The van der Waals surface area contributed by atoms with Gasteiger partial charge in [-0.1, -0.05) is 37.1 Å². The summed E-state index contributed by atoms with van der Waals surface area (Å²) in [7, 11) is 3.02. The number of hydrogen-bond donors (Lipinski definition) is 2. The maximum absolute atomic E-state index is 12.5. The maximum atomic E-state index is 12.5. The van der Waals surface area contributed by atoms with Gasteiger partial charge < -0.3 is 29.7 Å². The van der Waals surface area contributed by atoms with Crippen molar-refractivity contribution in [2.75, 3.05) is 20.7 Å². The number of nitrogens with zero attached hydrogens (tertiary/aromatic N) is 2. The molecule has 32 heavy (non-hydrogen) atoms. The first-order valence-electron chi connectivity index (χ1n) is 11.3. The van der Waals surface area contributed by atoms with Gasteiger partial charge in [-0.25, -0.2) is 10.6 Å². The van der Waals surface area contributed by atoms with Gasteiger partial charge in [0.1, 0.15) is 6.61 Å². The first-order valence-corrected chi connectivity index (χ1v) is 11.3. The van der Waals surface area contributed by atoms with Gasteiger partial charge in [0.05, 0.1) is 22.6 Å². The second-order valence-electron chi connectivity index (χ2n) is 9.79. The van der Waals surface area contributed by atoms with Crippen LogP contribution in [0.3, 0.4) is 0 Å². The Bertz CT molecular complexity index is 832. The van der Waals surface area contributed by atoms with Gasteiger partial charge in [-0.3, -0.25) is 0 Å². The zero-order chi connectivity index (χ0) is 23.7. The summed E-state index contributed by atoms with van der Waals surface area (Å²) in [5, 5.41) is 1.39. The molecule has 0 spiro atoms. The predicted octanol–water partition coefficient (Wildman–Crippen LogP) is 2.43. The Balaban J connectivity index is 1.70. The molecular formula is C23H37BN4O4. The summed E-state index contributed by atoms with van der Waals surface area (Å²) in [5.41, 5.74) is 8.27. The minimum Gasteiger partial charge on any atom is -0.443 e. The molecule has 1 aromatic carbocycles. The Labute approximate surface area is 191 Å². The second kappa shape index (κ2) is 9.33. The fourth-order valence-electron chi connectivity index (χ4n) is 4.01. The van der Waals surface area contributed by atoms with Gasteiger partial charge in [0.2, 0.25) is 0 Å². The molecule has 1 aliphatic heterocycles. The van der Waals surface area contributed by atoms with Crippen molar-refractivity contribution in [2.24, 2.45) is 11.6 Å². The summed E-state index contributed by atoms with van der Waals surface area (Å²) in [6.07, 6.45) is 3.96. The molecule has 4 N–H and O–H groups in total. The number of carbonyl (C=O) groups excluding carboxylic acids is 1. The number of nitrogens with two attached hydrogens (primary N) is 2. The molecule has 2 aliphatic rings. The largest absolute Gasteiger partial charge is 0.494 e. The summed E-state index contributed by atoms with van der Waals surface area (Å²) in [5.74, 6) is 6.00. The van der Waals surface area contributed by atoms with Gasteiger partial charge in [-0.05, 0) is 51.6 Å². The number of amides is 1. The van der Waals surface area contributed by atoms with Crippen LogP contribution in [-0.4, -0.2) is 61.1 Å². The van der Waals surface area contributed by atoms with Crippen molar-refractivity contribution in [1.29, 1.82) is 0 Å². The molecule has 176 valence electrons. The lowest BCUT2D eigenvalue weighted by Crippen LogP contribution is -2.41. The third-order valence-corrected chi connectivity index (χ3v) is 6.98. The third-order valence-electron chi connectivity index (χ3n) is 6.98. The van der Waals surface area contributed by atoms with E-state index in [1.165, 1.54) is 5.01 Å². The van der Waals surface area contributed by atoms with Crippen LogP contribution in [0.5, 0.6) is 0 Å². The molecule has 1 saturated heterocycles. The van der Waals surface area contributed by atoms with Crippen molar-refractivity contribution in [3.05, 3.63) is 35.5 Å². The lowest BCUT2D eigenvalue weighted by Gasteiger charge is -2.32. The first kappa shape index (κ1) is 24.4. The summed E-state index contributed by atoms with van der Waals surface area (Å²) in [4.78, 5) is 14.1. The van der Waals surface area contributed by atoms with Crippen molar-refractivity contribution in [1.82, 2.24) is 9.91 Å². The zero-order valence-electron chi connectivity index (χ0n) is 20.2. The lowest BCUT2D eigenvalue weighted by molar-refractivity contribution is 0.00578. The van der Waals surface area contributed by atoms with E-state index in [4.69, 9.17) is 25.6 Å². The smallest absolute Gasteiger partial charge is 0.443 e. The van der Waals surface area contributed by atoms with E-state index in [1.54, 1.807) is 19.0 Å². The van der Waals surface area contributed by atoms with E-state index >= 15 is 0 Å². The number of likely N-dealkylation sites (N-methyl/N-ethyl adjacent to an activating group) is 1. The molecule has 3 rings (SSSR count). The molecule has 0 atom stereocenters. The highest BCUT2D eigenvalue weighted by molar-refractivity contribution is 6.62. The average molecular weight is 444 g/mol. The molecule has 0 bridgehead atoms. The van der Waals surface area contributed by atoms with Crippen molar-refractivity contribution >= 4 is 24.4 Å². The highest BCUT2D eigenvalue weighted by Gasteiger charge is 2.51. The van der Waals surface area contributed by atoms with Gasteiger partial charge >= 0.3 is 13.2 Å². The molecule has 1 aromatic rings. The van der Waals surface area contributed by atoms with Crippen LogP contribution in [0, 0.1) is 0 Å². The van der Waals surface area contributed by atoms with E-state index in [0.29, 0.717) is 11.4 Å². The van der Waals surface area contributed by atoms with Gasteiger partial charge in [0.15, 0.2) is 0 Å². The maximum Gasteiger partial charge on any atom is 0.494 e. The fraction of sp³-hybridized carbons (Fsp3) is 0.609. The standard InChI is InChI=1S/C23H37BN4O4/c1-22(2)23(3,4)32-24(31-22)17-13-11-16(12-14-17)20(25)19(28(6)26)15-30-21(29)27(5)18-9-7-8-10-18/h11-14,18H,7-10,15,25-26H2,1-6H3/b20-19-. The number of hydrazine groups is 1. The molecule has 1 heterocycles. The van der Waals surface area contributed by atoms with Crippen LogP contribution in [-0.2, 0) is 14.0 Å². The Kier molecular flexibility index (Phi) is 7.12. The van der Waals surface area contributed by atoms with Crippen LogP contribution in [0.2, 0.25) is 0 Å². The third kappa shape index (κ3) is 5.05. The Morgan fingerprint density at radius 2 is 1.62 bits per heavy atom. The van der Waals surface area contributed by atoms with Gasteiger partial charge in [0.25, 0.3) is 0 Å². The average Bonchev–Trinajstić information content (AvgIpc) is 3.33. The van der Waals surface area contributed by atoms with Crippen LogP contribution < -0.4 is 17.0 Å². The minimum absolute atomic E-state index is 0.00625. The minimum atomic E-state index is -0.442. The van der Waals surface area contributed by atoms with Crippen LogP contribution in [0.4, 0.5) is 4.79 Å².